The summed E-state index contributed by atoms with van der Waals surface area (Å²) >= 11 is 1.38. The van der Waals surface area contributed by atoms with Gasteiger partial charge < -0.3 is 9.80 Å². The van der Waals surface area contributed by atoms with Crippen LogP contribution in [0.2, 0.25) is 0 Å². The van der Waals surface area contributed by atoms with Gasteiger partial charge in [0.05, 0.1) is 0 Å². The van der Waals surface area contributed by atoms with Crippen LogP contribution in [0.25, 0.3) is 4.96 Å². The molecule has 2 aromatic heterocycles. The summed E-state index contributed by atoms with van der Waals surface area (Å²) in [7, 11) is 0. The van der Waals surface area contributed by atoms with Gasteiger partial charge in [-0.05, 0) is 31.2 Å². The Labute approximate surface area is 153 Å². The minimum atomic E-state index is -0.320. The summed E-state index contributed by atoms with van der Waals surface area (Å²) in [6, 6.07) is 6.32. The molecule has 1 aromatic carbocycles. The van der Waals surface area contributed by atoms with E-state index in [1.165, 1.54) is 34.1 Å². The molecule has 1 aliphatic heterocycles. The quantitative estimate of drug-likeness (QED) is 0.692. The molecule has 0 unspecified atom stereocenters. The number of benzene rings is 1. The molecule has 1 aliphatic rings. The van der Waals surface area contributed by atoms with Crippen molar-refractivity contribution in [3.05, 3.63) is 63.3 Å². The van der Waals surface area contributed by atoms with E-state index in [4.69, 9.17) is 0 Å². The summed E-state index contributed by atoms with van der Waals surface area (Å²) in [4.78, 5) is 34.0. The maximum Gasteiger partial charge on any atom is 0.271 e. The van der Waals surface area contributed by atoms with Gasteiger partial charge in [-0.1, -0.05) is 0 Å². The van der Waals surface area contributed by atoms with E-state index in [-0.39, 0.29) is 22.8 Å². The Kier molecular flexibility index (Phi) is 4.20. The van der Waals surface area contributed by atoms with Crippen LogP contribution in [0, 0.1) is 12.7 Å². The molecular weight excluding hydrogens is 355 g/mol. The van der Waals surface area contributed by atoms with Crippen molar-refractivity contribution in [1.29, 1.82) is 0 Å². The van der Waals surface area contributed by atoms with Crippen molar-refractivity contribution < 1.29 is 9.18 Å². The van der Waals surface area contributed by atoms with Crippen molar-refractivity contribution in [1.82, 2.24) is 14.3 Å². The van der Waals surface area contributed by atoms with Crippen molar-refractivity contribution in [2.24, 2.45) is 0 Å². The molecule has 0 N–H and O–H groups in total. The summed E-state index contributed by atoms with van der Waals surface area (Å²) in [5.41, 5.74) is 1.48. The molecule has 1 amide bonds. The fraction of sp³-hybridized carbons (Fsp3) is 0.278. The summed E-state index contributed by atoms with van der Waals surface area (Å²) in [6.07, 6.45) is 1.38. The van der Waals surface area contributed by atoms with Crippen molar-refractivity contribution in [3.8, 4) is 0 Å². The van der Waals surface area contributed by atoms with E-state index in [2.05, 4.69) is 9.88 Å². The van der Waals surface area contributed by atoms with Crippen molar-refractivity contribution >= 4 is 27.9 Å². The SMILES string of the molecule is Cc1csc2ncc(C(=O)N3CCN(c4ccc(F)cc4)CC3)c(=O)n12. The molecule has 3 heterocycles. The first kappa shape index (κ1) is 16.7. The number of piperazine rings is 1. The number of nitrogens with zero attached hydrogens (tertiary/aromatic N) is 4. The highest BCUT2D eigenvalue weighted by Crippen LogP contribution is 2.18. The van der Waals surface area contributed by atoms with Gasteiger partial charge in [-0.25, -0.2) is 9.37 Å². The minimum Gasteiger partial charge on any atom is -0.368 e. The van der Waals surface area contributed by atoms with E-state index in [9.17, 15) is 14.0 Å². The average molecular weight is 372 g/mol. The smallest absolute Gasteiger partial charge is 0.271 e. The van der Waals surface area contributed by atoms with Gasteiger partial charge >= 0.3 is 0 Å². The first-order valence-electron chi connectivity index (χ1n) is 8.30. The molecule has 26 heavy (non-hydrogen) atoms. The second kappa shape index (κ2) is 6.53. The minimum absolute atomic E-state index is 0.0965. The van der Waals surface area contributed by atoms with Crippen LogP contribution in [0.1, 0.15) is 16.1 Å². The molecule has 1 saturated heterocycles. The number of hydrogen-bond donors (Lipinski definition) is 0. The Morgan fingerprint density at radius 1 is 1.15 bits per heavy atom. The van der Waals surface area contributed by atoms with Crippen LogP contribution < -0.4 is 10.5 Å². The number of carbonyl (C=O) groups excluding carboxylic acids is 1. The number of rotatable bonds is 2. The second-order valence-electron chi connectivity index (χ2n) is 6.23. The van der Waals surface area contributed by atoms with Crippen LogP contribution in [0.4, 0.5) is 10.1 Å². The first-order chi connectivity index (χ1) is 12.5. The maximum atomic E-state index is 13.1. The fourth-order valence-corrected chi connectivity index (χ4v) is 3.99. The molecule has 0 atom stereocenters. The molecule has 0 bridgehead atoms. The molecule has 1 fully saturated rings. The molecule has 8 heteroatoms. The number of thiazole rings is 1. The number of hydrogen-bond acceptors (Lipinski definition) is 5. The Morgan fingerprint density at radius 2 is 1.85 bits per heavy atom. The topological polar surface area (TPSA) is 57.9 Å². The first-order valence-corrected chi connectivity index (χ1v) is 9.18. The molecule has 0 aliphatic carbocycles. The lowest BCUT2D eigenvalue weighted by Gasteiger charge is -2.36. The number of carbonyl (C=O) groups is 1. The van der Waals surface area contributed by atoms with Crippen LogP contribution in [0.5, 0.6) is 0 Å². The Bertz CT molecular complexity index is 1020. The van der Waals surface area contributed by atoms with Gasteiger partial charge in [-0.15, -0.1) is 11.3 Å². The maximum absolute atomic E-state index is 13.1. The predicted molar refractivity (Wildman–Crippen MR) is 98.6 cm³/mol. The number of halogens is 1. The third-order valence-corrected chi connectivity index (χ3v) is 5.56. The lowest BCUT2D eigenvalue weighted by molar-refractivity contribution is 0.0744. The number of anilines is 1. The van der Waals surface area contributed by atoms with Crippen LogP contribution in [0.3, 0.4) is 0 Å². The predicted octanol–water partition coefficient (Wildman–Crippen LogP) is 2.17. The molecule has 0 spiro atoms. The number of aromatic nitrogens is 2. The fourth-order valence-electron chi connectivity index (χ4n) is 3.16. The van der Waals surface area contributed by atoms with Crippen LogP contribution in [-0.2, 0) is 0 Å². The summed E-state index contributed by atoms with van der Waals surface area (Å²) in [5.74, 6) is -0.559. The van der Waals surface area contributed by atoms with E-state index in [1.54, 1.807) is 17.0 Å². The standard InChI is InChI=1S/C18H17FN4O2S/c1-12-11-26-18-20-10-15(17(25)23(12)18)16(24)22-8-6-21(7-9-22)14-4-2-13(19)3-5-14/h2-5,10-11H,6-9H2,1H3. The van der Waals surface area contributed by atoms with Gasteiger partial charge in [0.15, 0.2) is 4.96 Å². The molecule has 134 valence electrons. The third kappa shape index (κ3) is 2.86. The van der Waals surface area contributed by atoms with Crippen molar-refractivity contribution in [2.45, 2.75) is 6.92 Å². The molecule has 6 nitrogen and oxygen atoms in total. The van der Waals surface area contributed by atoms with E-state index < -0.39 is 0 Å². The lowest BCUT2D eigenvalue weighted by Crippen LogP contribution is -2.49. The normalized spacial score (nSPS) is 14.8. The van der Waals surface area contributed by atoms with Gasteiger partial charge in [0.2, 0.25) is 0 Å². The summed E-state index contributed by atoms with van der Waals surface area (Å²) in [5, 5.41) is 1.85. The van der Waals surface area contributed by atoms with Gasteiger partial charge in [0.25, 0.3) is 11.5 Å². The van der Waals surface area contributed by atoms with Gasteiger partial charge in [-0.3, -0.25) is 14.0 Å². The highest BCUT2D eigenvalue weighted by Gasteiger charge is 2.25. The second-order valence-corrected chi connectivity index (χ2v) is 7.06. The van der Waals surface area contributed by atoms with Crippen molar-refractivity contribution in [2.75, 3.05) is 31.1 Å². The lowest BCUT2D eigenvalue weighted by atomic mass is 10.2. The molecule has 0 radical (unpaired) electrons. The molecular formula is C18H17FN4O2S. The Balaban J connectivity index is 1.52. The van der Waals surface area contributed by atoms with Crippen LogP contribution in [-0.4, -0.2) is 46.4 Å². The third-order valence-electron chi connectivity index (χ3n) is 4.61. The molecule has 4 rings (SSSR count). The largest absolute Gasteiger partial charge is 0.368 e. The average Bonchev–Trinajstić information content (AvgIpc) is 3.04. The van der Waals surface area contributed by atoms with Crippen LogP contribution in [0.15, 0.2) is 40.6 Å². The number of aryl methyl sites for hydroxylation is 1. The number of fused-ring (bicyclic) bond motifs is 1. The van der Waals surface area contributed by atoms with E-state index in [0.717, 1.165) is 11.4 Å². The van der Waals surface area contributed by atoms with E-state index >= 15 is 0 Å². The monoisotopic (exact) mass is 372 g/mol. The van der Waals surface area contributed by atoms with E-state index in [1.807, 2.05) is 12.3 Å². The van der Waals surface area contributed by atoms with Gasteiger partial charge in [0, 0.05) is 49.1 Å². The van der Waals surface area contributed by atoms with E-state index in [0.29, 0.717) is 31.1 Å². The van der Waals surface area contributed by atoms with Gasteiger partial charge in [-0.2, -0.15) is 0 Å². The zero-order chi connectivity index (χ0) is 18.3. The molecule has 3 aromatic rings. The highest BCUT2D eigenvalue weighted by atomic mass is 32.1. The Hall–Kier alpha value is -2.74. The zero-order valence-electron chi connectivity index (χ0n) is 14.2. The van der Waals surface area contributed by atoms with Gasteiger partial charge in [0.1, 0.15) is 11.4 Å². The molecule has 0 saturated carbocycles. The summed E-state index contributed by atoms with van der Waals surface area (Å²) < 4.78 is 14.5. The Morgan fingerprint density at radius 3 is 2.54 bits per heavy atom. The summed E-state index contributed by atoms with van der Waals surface area (Å²) in [6.45, 7) is 4.09. The van der Waals surface area contributed by atoms with Crippen molar-refractivity contribution in [3.63, 3.8) is 0 Å². The zero-order valence-corrected chi connectivity index (χ0v) is 15.0. The highest BCUT2D eigenvalue weighted by molar-refractivity contribution is 7.15. The van der Waals surface area contributed by atoms with Crippen LogP contribution >= 0.6 is 11.3 Å². The number of amides is 1.